The highest BCUT2D eigenvalue weighted by molar-refractivity contribution is 7.89. The van der Waals surface area contributed by atoms with Crippen LogP contribution in [0.1, 0.15) is 30.6 Å². The maximum Gasteiger partial charge on any atom is 0.253 e. The molecule has 1 aliphatic heterocycles. The van der Waals surface area contributed by atoms with Gasteiger partial charge in [0.1, 0.15) is 0 Å². The zero-order chi connectivity index (χ0) is 17.0. The third-order valence-electron chi connectivity index (χ3n) is 4.17. The molecule has 1 atom stereocenters. The molecular weight excluding hydrogens is 314 g/mol. The SMILES string of the molecule is CCC(C)NS(=O)(=O)c1ccc(C(=O)N2CCN(C)CC2)cc1. The van der Waals surface area contributed by atoms with Crippen LogP contribution in [-0.2, 0) is 10.0 Å². The molecule has 1 N–H and O–H groups in total. The monoisotopic (exact) mass is 339 g/mol. The molecule has 6 nitrogen and oxygen atoms in total. The third-order valence-corrected chi connectivity index (χ3v) is 5.78. The minimum atomic E-state index is -3.53. The molecule has 23 heavy (non-hydrogen) atoms. The van der Waals surface area contributed by atoms with E-state index < -0.39 is 10.0 Å². The Hall–Kier alpha value is -1.44. The van der Waals surface area contributed by atoms with Crippen LogP contribution >= 0.6 is 0 Å². The number of carbonyl (C=O) groups is 1. The number of amides is 1. The van der Waals surface area contributed by atoms with Gasteiger partial charge in [-0.15, -0.1) is 0 Å². The van der Waals surface area contributed by atoms with Gasteiger partial charge < -0.3 is 9.80 Å². The fraction of sp³-hybridized carbons (Fsp3) is 0.562. The molecule has 1 amide bonds. The number of hydrogen-bond donors (Lipinski definition) is 1. The van der Waals surface area contributed by atoms with Gasteiger partial charge in [0.25, 0.3) is 5.91 Å². The van der Waals surface area contributed by atoms with E-state index in [0.29, 0.717) is 18.7 Å². The lowest BCUT2D eigenvalue weighted by molar-refractivity contribution is 0.0664. The fourth-order valence-corrected chi connectivity index (χ4v) is 3.71. The molecule has 1 heterocycles. The number of likely N-dealkylation sites (N-methyl/N-ethyl adjacent to an activating group) is 1. The van der Waals surface area contributed by atoms with Gasteiger partial charge in [0.05, 0.1) is 4.90 Å². The van der Waals surface area contributed by atoms with Gasteiger partial charge in [0, 0.05) is 37.8 Å². The number of rotatable bonds is 5. The number of nitrogens with one attached hydrogen (secondary N) is 1. The van der Waals surface area contributed by atoms with Crippen molar-refractivity contribution in [2.45, 2.75) is 31.2 Å². The zero-order valence-electron chi connectivity index (χ0n) is 13.9. The van der Waals surface area contributed by atoms with Crippen molar-refractivity contribution in [3.05, 3.63) is 29.8 Å². The highest BCUT2D eigenvalue weighted by Gasteiger charge is 2.21. The maximum absolute atomic E-state index is 12.4. The number of sulfonamides is 1. The summed E-state index contributed by atoms with van der Waals surface area (Å²) < 4.78 is 27.0. The summed E-state index contributed by atoms with van der Waals surface area (Å²) in [6.07, 6.45) is 0.721. The molecule has 0 radical (unpaired) electrons. The van der Waals surface area contributed by atoms with E-state index >= 15 is 0 Å². The van der Waals surface area contributed by atoms with Gasteiger partial charge in [-0.05, 0) is 44.7 Å². The molecule has 7 heteroatoms. The molecular formula is C16H25N3O3S. The lowest BCUT2D eigenvalue weighted by Gasteiger charge is -2.32. The van der Waals surface area contributed by atoms with Crippen molar-refractivity contribution in [2.24, 2.45) is 0 Å². The second kappa shape index (κ2) is 7.42. The minimum absolute atomic E-state index is 0.0445. The normalized spacial score (nSPS) is 18.0. The van der Waals surface area contributed by atoms with E-state index in [-0.39, 0.29) is 16.8 Å². The van der Waals surface area contributed by atoms with Crippen LogP contribution in [0, 0.1) is 0 Å². The summed E-state index contributed by atoms with van der Waals surface area (Å²) in [5, 5.41) is 0. The second-order valence-electron chi connectivity index (χ2n) is 6.05. The van der Waals surface area contributed by atoms with Crippen LogP contribution in [0.3, 0.4) is 0 Å². The summed E-state index contributed by atoms with van der Waals surface area (Å²) >= 11 is 0. The zero-order valence-corrected chi connectivity index (χ0v) is 14.8. The first-order chi connectivity index (χ1) is 10.8. The summed E-state index contributed by atoms with van der Waals surface area (Å²) in [5.74, 6) is -0.0445. The highest BCUT2D eigenvalue weighted by atomic mass is 32.2. The largest absolute Gasteiger partial charge is 0.336 e. The molecule has 128 valence electrons. The number of piperazine rings is 1. The number of carbonyl (C=O) groups excluding carboxylic acids is 1. The molecule has 0 saturated carbocycles. The van der Waals surface area contributed by atoms with Crippen molar-refractivity contribution in [3.63, 3.8) is 0 Å². The summed E-state index contributed by atoms with van der Waals surface area (Å²) in [6, 6.07) is 6.05. The average molecular weight is 339 g/mol. The van der Waals surface area contributed by atoms with Crippen LogP contribution in [0.2, 0.25) is 0 Å². The fourth-order valence-electron chi connectivity index (χ4n) is 2.39. The number of benzene rings is 1. The Morgan fingerprint density at radius 2 is 1.74 bits per heavy atom. The predicted octanol–water partition coefficient (Wildman–Crippen LogP) is 1.15. The molecule has 1 aliphatic rings. The second-order valence-corrected chi connectivity index (χ2v) is 7.76. The molecule has 1 unspecified atom stereocenters. The van der Waals surface area contributed by atoms with Crippen LogP contribution in [0.25, 0.3) is 0 Å². The van der Waals surface area contributed by atoms with Gasteiger partial charge in [0.2, 0.25) is 10.0 Å². The molecule has 1 aromatic rings. The van der Waals surface area contributed by atoms with Crippen LogP contribution in [0.5, 0.6) is 0 Å². The lowest BCUT2D eigenvalue weighted by atomic mass is 10.2. The van der Waals surface area contributed by atoms with Crippen LogP contribution in [0.4, 0.5) is 0 Å². The standard InChI is InChI=1S/C16H25N3O3S/c1-4-13(2)17-23(21,22)15-7-5-14(6-8-15)16(20)19-11-9-18(3)10-12-19/h5-8,13,17H,4,9-12H2,1-3H3. The predicted molar refractivity (Wildman–Crippen MR) is 89.9 cm³/mol. The molecule has 0 aromatic heterocycles. The molecule has 2 rings (SSSR count). The van der Waals surface area contributed by atoms with Gasteiger partial charge >= 0.3 is 0 Å². The third kappa shape index (κ3) is 4.53. The molecule has 0 aliphatic carbocycles. The van der Waals surface area contributed by atoms with Gasteiger partial charge in [-0.2, -0.15) is 0 Å². The summed E-state index contributed by atoms with van der Waals surface area (Å²) in [6.45, 7) is 6.86. The summed E-state index contributed by atoms with van der Waals surface area (Å²) in [7, 11) is -1.49. The van der Waals surface area contributed by atoms with E-state index in [2.05, 4.69) is 9.62 Å². The minimum Gasteiger partial charge on any atom is -0.336 e. The van der Waals surface area contributed by atoms with Crippen molar-refractivity contribution < 1.29 is 13.2 Å². The van der Waals surface area contributed by atoms with Crippen molar-refractivity contribution in [1.29, 1.82) is 0 Å². The Kier molecular flexibility index (Phi) is 5.78. The Labute approximate surface area is 138 Å². The Balaban J connectivity index is 2.08. The molecule has 1 fully saturated rings. The van der Waals surface area contributed by atoms with Crippen molar-refractivity contribution in [1.82, 2.24) is 14.5 Å². The molecule has 0 bridgehead atoms. The first-order valence-electron chi connectivity index (χ1n) is 7.93. The van der Waals surface area contributed by atoms with Gasteiger partial charge in [-0.3, -0.25) is 4.79 Å². The first kappa shape index (κ1) is 17.9. The number of nitrogens with zero attached hydrogens (tertiary/aromatic N) is 2. The van der Waals surface area contributed by atoms with Crippen LogP contribution < -0.4 is 4.72 Å². The highest BCUT2D eigenvalue weighted by Crippen LogP contribution is 2.14. The Bertz CT molecular complexity index is 635. The van der Waals surface area contributed by atoms with Crippen molar-refractivity contribution in [3.8, 4) is 0 Å². The molecule has 1 saturated heterocycles. The Morgan fingerprint density at radius 3 is 2.26 bits per heavy atom. The lowest BCUT2D eigenvalue weighted by Crippen LogP contribution is -2.47. The van der Waals surface area contributed by atoms with Crippen LogP contribution in [-0.4, -0.2) is 63.4 Å². The van der Waals surface area contributed by atoms with Gasteiger partial charge in [0.15, 0.2) is 0 Å². The first-order valence-corrected chi connectivity index (χ1v) is 9.42. The topological polar surface area (TPSA) is 69.7 Å². The smallest absolute Gasteiger partial charge is 0.253 e. The van der Waals surface area contributed by atoms with Gasteiger partial charge in [-0.25, -0.2) is 13.1 Å². The molecule has 0 spiro atoms. The van der Waals surface area contributed by atoms with E-state index in [1.807, 2.05) is 20.9 Å². The van der Waals surface area contributed by atoms with E-state index in [4.69, 9.17) is 0 Å². The number of hydrogen-bond acceptors (Lipinski definition) is 4. The maximum atomic E-state index is 12.4. The average Bonchev–Trinajstić information content (AvgIpc) is 2.54. The van der Waals surface area contributed by atoms with E-state index in [9.17, 15) is 13.2 Å². The van der Waals surface area contributed by atoms with Crippen LogP contribution in [0.15, 0.2) is 29.2 Å². The molecule has 1 aromatic carbocycles. The van der Waals surface area contributed by atoms with Crippen molar-refractivity contribution >= 4 is 15.9 Å². The quantitative estimate of drug-likeness (QED) is 0.874. The van der Waals surface area contributed by atoms with Crippen molar-refractivity contribution in [2.75, 3.05) is 33.2 Å². The van der Waals surface area contributed by atoms with Gasteiger partial charge in [-0.1, -0.05) is 6.92 Å². The summed E-state index contributed by atoms with van der Waals surface area (Å²) in [4.78, 5) is 16.6. The van der Waals surface area contributed by atoms with E-state index in [1.54, 1.807) is 17.0 Å². The van der Waals surface area contributed by atoms with E-state index in [0.717, 1.165) is 19.5 Å². The Morgan fingerprint density at radius 1 is 1.17 bits per heavy atom. The summed E-state index contributed by atoms with van der Waals surface area (Å²) in [5.41, 5.74) is 0.525. The van der Waals surface area contributed by atoms with E-state index in [1.165, 1.54) is 12.1 Å².